The number of hydrogen-bond acceptors (Lipinski definition) is 2. The van der Waals surface area contributed by atoms with Crippen LogP contribution < -0.4 is 5.32 Å². The number of carbonyl (C=O) groups is 1. The Labute approximate surface area is 117 Å². The van der Waals surface area contributed by atoms with Gasteiger partial charge in [0, 0.05) is 6.04 Å². The second kappa shape index (κ2) is 5.82. The summed E-state index contributed by atoms with van der Waals surface area (Å²) in [5, 5.41) is 3.50. The van der Waals surface area contributed by atoms with Gasteiger partial charge in [0.1, 0.15) is 0 Å². The van der Waals surface area contributed by atoms with Gasteiger partial charge >= 0.3 is 0 Å². The first kappa shape index (κ1) is 13.4. The summed E-state index contributed by atoms with van der Waals surface area (Å²) in [5.74, 6) is 1.92. The van der Waals surface area contributed by atoms with Crippen molar-refractivity contribution in [1.29, 1.82) is 0 Å². The molecule has 1 N–H and O–H groups in total. The van der Waals surface area contributed by atoms with E-state index in [1.54, 1.807) is 0 Å². The molecule has 2 aliphatic carbocycles. The molecular formula is C16H28N2O. The Bertz CT molecular complexity index is 325. The van der Waals surface area contributed by atoms with Crippen LogP contribution in [0.3, 0.4) is 0 Å². The summed E-state index contributed by atoms with van der Waals surface area (Å²) in [6.45, 7) is 2.88. The molecule has 3 fully saturated rings. The second-order valence-corrected chi connectivity index (χ2v) is 6.77. The fraction of sp³-hybridized carbons (Fsp3) is 0.938. The maximum Gasteiger partial charge on any atom is 0.238 e. The van der Waals surface area contributed by atoms with Gasteiger partial charge in [0.2, 0.25) is 5.91 Å². The Morgan fingerprint density at radius 2 is 1.95 bits per heavy atom. The van der Waals surface area contributed by atoms with Gasteiger partial charge in [-0.2, -0.15) is 0 Å². The normalized spacial score (nSPS) is 37.2. The standard InChI is InChI=1S/C16H28N2O/c1-2-12-6-5-9-14(10-12)18-15(19)11-17-16(18)13-7-3-4-8-13/h12-14,16-17H,2-11H2,1H3. The van der Waals surface area contributed by atoms with Crippen LogP contribution in [0.1, 0.15) is 64.7 Å². The molecule has 3 nitrogen and oxygen atoms in total. The predicted octanol–water partition coefficient (Wildman–Crippen LogP) is 2.90. The summed E-state index contributed by atoms with van der Waals surface area (Å²) < 4.78 is 0. The van der Waals surface area contributed by atoms with Crippen LogP contribution in [-0.4, -0.2) is 29.6 Å². The van der Waals surface area contributed by atoms with E-state index in [1.807, 2.05) is 0 Å². The van der Waals surface area contributed by atoms with E-state index in [0.29, 0.717) is 30.6 Å². The third-order valence-electron chi connectivity index (χ3n) is 5.62. The van der Waals surface area contributed by atoms with E-state index in [4.69, 9.17) is 0 Å². The first-order valence-electron chi connectivity index (χ1n) is 8.34. The highest BCUT2D eigenvalue weighted by Gasteiger charge is 2.41. The van der Waals surface area contributed by atoms with Gasteiger partial charge in [-0.15, -0.1) is 0 Å². The fourth-order valence-corrected chi connectivity index (χ4v) is 4.52. The quantitative estimate of drug-likeness (QED) is 0.850. The number of hydrogen-bond donors (Lipinski definition) is 1. The average Bonchev–Trinajstić information content (AvgIpc) is 3.07. The molecule has 0 bridgehead atoms. The van der Waals surface area contributed by atoms with E-state index in [9.17, 15) is 4.79 Å². The van der Waals surface area contributed by atoms with E-state index in [1.165, 1.54) is 57.8 Å². The second-order valence-electron chi connectivity index (χ2n) is 6.77. The van der Waals surface area contributed by atoms with Crippen molar-refractivity contribution in [2.75, 3.05) is 6.54 Å². The highest BCUT2D eigenvalue weighted by atomic mass is 16.2. The van der Waals surface area contributed by atoms with Crippen molar-refractivity contribution >= 4 is 5.91 Å². The number of amides is 1. The van der Waals surface area contributed by atoms with Crippen molar-refractivity contribution in [2.45, 2.75) is 76.9 Å². The van der Waals surface area contributed by atoms with Crippen LogP contribution in [0, 0.1) is 11.8 Å². The molecule has 1 saturated heterocycles. The molecule has 3 atom stereocenters. The highest BCUT2D eigenvalue weighted by molar-refractivity contribution is 5.81. The van der Waals surface area contributed by atoms with E-state index < -0.39 is 0 Å². The van der Waals surface area contributed by atoms with Crippen molar-refractivity contribution in [3.63, 3.8) is 0 Å². The van der Waals surface area contributed by atoms with Crippen LogP contribution in [-0.2, 0) is 4.79 Å². The first-order chi connectivity index (χ1) is 9.29. The van der Waals surface area contributed by atoms with Gasteiger partial charge in [-0.1, -0.05) is 39.0 Å². The van der Waals surface area contributed by atoms with Crippen LogP contribution in [0.2, 0.25) is 0 Å². The molecule has 3 heteroatoms. The van der Waals surface area contributed by atoms with Gasteiger partial charge in [0.15, 0.2) is 0 Å². The number of nitrogens with one attached hydrogen (secondary N) is 1. The summed E-state index contributed by atoms with van der Waals surface area (Å²) >= 11 is 0. The summed E-state index contributed by atoms with van der Waals surface area (Å²) in [6, 6.07) is 0.520. The zero-order valence-electron chi connectivity index (χ0n) is 12.2. The molecule has 0 aromatic carbocycles. The summed E-state index contributed by atoms with van der Waals surface area (Å²) in [6.07, 6.45) is 12.1. The molecule has 1 heterocycles. The Kier molecular flexibility index (Phi) is 4.11. The Hall–Kier alpha value is -0.570. The van der Waals surface area contributed by atoms with Crippen molar-refractivity contribution in [3.8, 4) is 0 Å². The minimum absolute atomic E-state index is 0.357. The number of rotatable bonds is 3. The van der Waals surface area contributed by atoms with Crippen molar-refractivity contribution in [1.82, 2.24) is 10.2 Å². The van der Waals surface area contributed by atoms with Gasteiger partial charge in [0.05, 0.1) is 12.7 Å². The topological polar surface area (TPSA) is 32.3 Å². The lowest BCUT2D eigenvalue weighted by Crippen LogP contribution is -2.49. The molecule has 0 aromatic rings. The molecule has 0 radical (unpaired) electrons. The molecule has 2 saturated carbocycles. The SMILES string of the molecule is CCC1CCCC(N2C(=O)CNC2C2CCCC2)C1. The van der Waals surface area contributed by atoms with Gasteiger partial charge in [-0.25, -0.2) is 0 Å². The van der Waals surface area contributed by atoms with Crippen molar-refractivity contribution < 1.29 is 4.79 Å². The van der Waals surface area contributed by atoms with E-state index >= 15 is 0 Å². The van der Waals surface area contributed by atoms with Crippen LogP contribution in [0.5, 0.6) is 0 Å². The Morgan fingerprint density at radius 1 is 1.16 bits per heavy atom. The smallest absolute Gasteiger partial charge is 0.238 e. The zero-order valence-corrected chi connectivity index (χ0v) is 12.2. The van der Waals surface area contributed by atoms with Gasteiger partial charge in [0.25, 0.3) is 0 Å². The molecule has 3 aliphatic rings. The average molecular weight is 264 g/mol. The maximum atomic E-state index is 12.3. The van der Waals surface area contributed by atoms with E-state index in [-0.39, 0.29) is 0 Å². The zero-order chi connectivity index (χ0) is 13.2. The van der Waals surface area contributed by atoms with Crippen LogP contribution in [0.15, 0.2) is 0 Å². The van der Waals surface area contributed by atoms with Crippen molar-refractivity contribution in [2.24, 2.45) is 11.8 Å². The lowest BCUT2D eigenvalue weighted by molar-refractivity contribution is -0.132. The monoisotopic (exact) mass is 264 g/mol. The molecule has 108 valence electrons. The van der Waals surface area contributed by atoms with Crippen molar-refractivity contribution in [3.05, 3.63) is 0 Å². The van der Waals surface area contributed by atoms with Gasteiger partial charge in [-0.3, -0.25) is 10.1 Å². The Morgan fingerprint density at radius 3 is 2.68 bits per heavy atom. The van der Waals surface area contributed by atoms with Crippen LogP contribution >= 0.6 is 0 Å². The van der Waals surface area contributed by atoms with E-state index in [0.717, 1.165) is 5.92 Å². The minimum atomic E-state index is 0.357. The molecule has 1 aliphatic heterocycles. The minimum Gasteiger partial charge on any atom is -0.323 e. The van der Waals surface area contributed by atoms with Gasteiger partial charge < -0.3 is 4.90 Å². The summed E-state index contributed by atoms with van der Waals surface area (Å²) in [4.78, 5) is 14.6. The predicted molar refractivity (Wildman–Crippen MR) is 76.6 cm³/mol. The highest BCUT2D eigenvalue weighted by Crippen LogP contribution is 2.36. The first-order valence-corrected chi connectivity index (χ1v) is 8.34. The Balaban J connectivity index is 1.70. The molecule has 1 amide bonds. The lowest BCUT2D eigenvalue weighted by atomic mass is 9.83. The van der Waals surface area contributed by atoms with Gasteiger partial charge in [-0.05, 0) is 37.5 Å². The third-order valence-corrected chi connectivity index (χ3v) is 5.62. The summed E-state index contributed by atoms with van der Waals surface area (Å²) in [5.41, 5.74) is 0. The van der Waals surface area contributed by atoms with E-state index in [2.05, 4.69) is 17.1 Å². The molecule has 0 spiro atoms. The molecular weight excluding hydrogens is 236 g/mol. The number of carbonyl (C=O) groups excluding carboxylic acids is 1. The lowest BCUT2D eigenvalue weighted by Gasteiger charge is -2.40. The third kappa shape index (κ3) is 2.67. The van der Waals surface area contributed by atoms with Crippen LogP contribution in [0.4, 0.5) is 0 Å². The largest absolute Gasteiger partial charge is 0.323 e. The summed E-state index contributed by atoms with van der Waals surface area (Å²) in [7, 11) is 0. The molecule has 0 aromatic heterocycles. The van der Waals surface area contributed by atoms with Crippen LogP contribution in [0.25, 0.3) is 0 Å². The molecule has 19 heavy (non-hydrogen) atoms. The number of nitrogens with zero attached hydrogens (tertiary/aromatic N) is 1. The molecule has 3 rings (SSSR count). The molecule has 3 unspecified atom stereocenters. The maximum absolute atomic E-state index is 12.3. The fourth-order valence-electron chi connectivity index (χ4n) is 4.52.